The molecule has 0 heterocycles. The van der Waals surface area contributed by atoms with Crippen LogP contribution in [0.25, 0.3) is 0 Å². The van der Waals surface area contributed by atoms with Gasteiger partial charge in [0, 0.05) is 0 Å². The van der Waals surface area contributed by atoms with Gasteiger partial charge >= 0.3 is 5.97 Å². The summed E-state index contributed by atoms with van der Waals surface area (Å²) in [7, 11) is 0. The second-order valence-electron chi connectivity index (χ2n) is 7.09. The van der Waals surface area contributed by atoms with Gasteiger partial charge in [-0.2, -0.15) is 0 Å². The van der Waals surface area contributed by atoms with Gasteiger partial charge in [-0.3, -0.25) is 4.79 Å². The van der Waals surface area contributed by atoms with Crippen LogP contribution in [0.4, 0.5) is 4.39 Å². The molecule has 0 bridgehead atoms. The lowest BCUT2D eigenvalue weighted by atomic mass is 9.85. The zero-order chi connectivity index (χ0) is 17.9. The van der Waals surface area contributed by atoms with Gasteiger partial charge in [0.2, 0.25) is 0 Å². The number of aliphatic carboxylic acids is 1. The Kier molecular flexibility index (Phi) is 5.40. The van der Waals surface area contributed by atoms with Crippen molar-refractivity contribution in [3.63, 3.8) is 0 Å². The van der Waals surface area contributed by atoms with Crippen molar-refractivity contribution < 1.29 is 19.4 Å². The predicted molar refractivity (Wildman–Crippen MR) is 91.3 cm³/mol. The summed E-state index contributed by atoms with van der Waals surface area (Å²) in [6.07, 6.45) is -0.983. The van der Waals surface area contributed by atoms with Crippen LogP contribution in [0.15, 0.2) is 48.5 Å². The molecule has 24 heavy (non-hydrogen) atoms. The third-order valence-corrected chi connectivity index (χ3v) is 4.19. The van der Waals surface area contributed by atoms with E-state index in [0.29, 0.717) is 5.56 Å². The minimum Gasteiger partial charge on any atom is -0.481 e. The van der Waals surface area contributed by atoms with Gasteiger partial charge < -0.3 is 10.2 Å². The first-order valence-corrected chi connectivity index (χ1v) is 7.94. The van der Waals surface area contributed by atoms with Crippen molar-refractivity contribution in [2.45, 2.75) is 38.7 Å². The molecule has 0 aliphatic carbocycles. The summed E-state index contributed by atoms with van der Waals surface area (Å²) in [5.41, 5.74) is 2.43. The molecule has 0 spiro atoms. The normalized spacial score (nSPS) is 14.2. The molecule has 2 N–H and O–H groups in total. The predicted octanol–water partition coefficient (Wildman–Crippen LogP) is 4.10. The minimum absolute atomic E-state index is 0.0261. The number of aliphatic hydroxyl groups is 1. The number of benzene rings is 2. The molecule has 0 aliphatic heterocycles. The van der Waals surface area contributed by atoms with Crippen LogP contribution in [0, 0.1) is 11.7 Å². The molecule has 0 fully saturated rings. The molecule has 4 heteroatoms. The van der Waals surface area contributed by atoms with Crippen molar-refractivity contribution in [2.75, 3.05) is 0 Å². The van der Waals surface area contributed by atoms with Crippen LogP contribution in [0.1, 0.15) is 43.6 Å². The van der Waals surface area contributed by atoms with Gasteiger partial charge in [0.25, 0.3) is 0 Å². The highest BCUT2D eigenvalue weighted by Gasteiger charge is 2.28. The molecule has 2 unspecified atom stereocenters. The van der Waals surface area contributed by atoms with E-state index in [1.54, 1.807) is 0 Å². The van der Waals surface area contributed by atoms with Crippen LogP contribution in [0.2, 0.25) is 0 Å². The first-order chi connectivity index (χ1) is 11.2. The Morgan fingerprint density at radius 2 is 1.58 bits per heavy atom. The minimum atomic E-state index is -1.19. The maximum atomic E-state index is 13.0. The van der Waals surface area contributed by atoms with Crippen molar-refractivity contribution in [3.05, 3.63) is 71.0 Å². The zero-order valence-electron chi connectivity index (χ0n) is 14.2. The average Bonchev–Trinajstić information content (AvgIpc) is 2.52. The molecular formula is C20H23FO3. The van der Waals surface area contributed by atoms with E-state index in [-0.39, 0.29) is 11.8 Å². The Hall–Kier alpha value is -2.20. The first-order valence-electron chi connectivity index (χ1n) is 7.94. The summed E-state index contributed by atoms with van der Waals surface area (Å²) in [4.78, 5) is 11.6. The van der Waals surface area contributed by atoms with Crippen molar-refractivity contribution in [3.8, 4) is 0 Å². The van der Waals surface area contributed by atoms with E-state index in [0.717, 1.165) is 11.1 Å². The average molecular weight is 330 g/mol. The molecular weight excluding hydrogens is 307 g/mol. The maximum Gasteiger partial charge on any atom is 0.309 e. The molecule has 2 aromatic carbocycles. The third-order valence-electron chi connectivity index (χ3n) is 4.19. The highest BCUT2D eigenvalue weighted by molar-refractivity contribution is 5.71. The van der Waals surface area contributed by atoms with Crippen molar-refractivity contribution in [1.29, 1.82) is 0 Å². The number of halogens is 1. The zero-order valence-corrected chi connectivity index (χ0v) is 14.2. The molecule has 0 aromatic heterocycles. The van der Waals surface area contributed by atoms with Crippen LogP contribution < -0.4 is 0 Å². The van der Waals surface area contributed by atoms with Gasteiger partial charge in [0.1, 0.15) is 5.82 Å². The molecule has 128 valence electrons. The van der Waals surface area contributed by atoms with Gasteiger partial charge in [-0.25, -0.2) is 4.39 Å². The molecule has 0 radical (unpaired) electrons. The lowest BCUT2D eigenvalue weighted by Crippen LogP contribution is -2.24. The largest absolute Gasteiger partial charge is 0.481 e. The first kappa shape index (κ1) is 18.1. The molecule has 2 aromatic rings. The number of carboxylic acid groups (broad SMARTS) is 1. The van der Waals surface area contributed by atoms with Crippen molar-refractivity contribution in [1.82, 2.24) is 0 Å². The number of aliphatic hydroxyl groups excluding tert-OH is 1. The molecule has 0 saturated carbocycles. The quantitative estimate of drug-likeness (QED) is 0.868. The molecule has 0 amide bonds. The summed E-state index contributed by atoms with van der Waals surface area (Å²) in [5, 5.41) is 19.9. The summed E-state index contributed by atoms with van der Waals surface area (Å²) >= 11 is 0. The lowest BCUT2D eigenvalue weighted by molar-refractivity contribution is -0.145. The standard InChI is InChI=1S/C20H23FO3/c1-20(2,3)15-8-4-13(5-9-15)12-17(19(23)24)18(22)14-6-10-16(21)11-7-14/h4-11,17-18,22H,12H2,1-3H3,(H,23,24). The van der Waals surface area contributed by atoms with Gasteiger partial charge in [-0.15, -0.1) is 0 Å². The van der Waals surface area contributed by atoms with Crippen LogP contribution >= 0.6 is 0 Å². The Labute approximate surface area is 141 Å². The van der Waals surface area contributed by atoms with Crippen molar-refractivity contribution >= 4 is 5.97 Å². The number of rotatable bonds is 5. The van der Waals surface area contributed by atoms with Gasteiger partial charge in [0.15, 0.2) is 0 Å². The highest BCUT2D eigenvalue weighted by Crippen LogP contribution is 2.27. The topological polar surface area (TPSA) is 57.5 Å². The van der Waals surface area contributed by atoms with Crippen LogP contribution in [-0.4, -0.2) is 16.2 Å². The number of hydrogen-bond acceptors (Lipinski definition) is 2. The Bertz CT molecular complexity index is 684. The molecule has 0 saturated heterocycles. The maximum absolute atomic E-state index is 13.0. The smallest absolute Gasteiger partial charge is 0.309 e. The van der Waals surface area contributed by atoms with E-state index in [2.05, 4.69) is 20.8 Å². The van der Waals surface area contributed by atoms with E-state index >= 15 is 0 Å². The van der Waals surface area contributed by atoms with Gasteiger partial charge in [-0.1, -0.05) is 57.2 Å². The second kappa shape index (κ2) is 7.14. The van der Waals surface area contributed by atoms with E-state index in [4.69, 9.17) is 0 Å². The van der Waals surface area contributed by atoms with Gasteiger partial charge in [0.05, 0.1) is 12.0 Å². The molecule has 2 rings (SSSR count). The van der Waals surface area contributed by atoms with E-state index in [1.165, 1.54) is 24.3 Å². The number of carboxylic acids is 1. The fourth-order valence-corrected chi connectivity index (χ4v) is 2.62. The van der Waals surface area contributed by atoms with Crippen LogP contribution in [0.3, 0.4) is 0 Å². The fourth-order valence-electron chi connectivity index (χ4n) is 2.62. The van der Waals surface area contributed by atoms with E-state index < -0.39 is 23.8 Å². The lowest BCUT2D eigenvalue weighted by Gasteiger charge is -2.21. The third kappa shape index (κ3) is 4.42. The van der Waals surface area contributed by atoms with E-state index in [1.807, 2.05) is 24.3 Å². The molecule has 3 nitrogen and oxygen atoms in total. The summed E-state index contributed by atoms with van der Waals surface area (Å²) in [6.45, 7) is 6.33. The highest BCUT2D eigenvalue weighted by atomic mass is 19.1. The summed E-state index contributed by atoms with van der Waals surface area (Å²) in [6, 6.07) is 13.0. The SMILES string of the molecule is CC(C)(C)c1ccc(CC(C(=O)O)C(O)c2ccc(F)cc2)cc1. The van der Waals surface area contributed by atoms with Crippen LogP contribution in [-0.2, 0) is 16.6 Å². The Balaban J connectivity index is 2.19. The molecule has 0 aliphatic rings. The van der Waals surface area contributed by atoms with Crippen LogP contribution in [0.5, 0.6) is 0 Å². The fraction of sp³-hybridized carbons (Fsp3) is 0.350. The molecule has 2 atom stereocenters. The summed E-state index contributed by atoms with van der Waals surface area (Å²) < 4.78 is 13.0. The van der Waals surface area contributed by atoms with Gasteiger partial charge in [-0.05, 0) is 40.7 Å². The number of hydrogen-bond donors (Lipinski definition) is 2. The van der Waals surface area contributed by atoms with Crippen molar-refractivity contribution in [2.24, 2.45) is 5.92 Å². The van der Waals surface area contributed by atoms with E-state index in [9.17, 15) is 19.4 Å². The Morgan fingerprint density at radius 3 is 2.04 bits per heavy atom. The summed E-state index contributed by atoms with van der Waals surface area (Å²) in [5.74, 6) is -2.49. The Morgan fingerprint density at radius 1 is 1.04 bits per heavy atom. The second-order valence-corrected chi connectivity index (χ2v) is 7.09. The number of carbonyl (C=O) groups is 1. The monoisotopic (exact) mass is 330 g/mol.